The van der Waals surface area contributed by atoms with Crippen LogP contribution in [0.2, 0.25) is 0 Å². The maximum atomic E-state index is 13.8. The van der Waals surface area contributed by atoms with Crippen molar-refractivity contribution in [3.63, 3.8) is 0 Å². The van der Waals surface area contributed by atoms with Crippen LogP contribution in [0.3, 0.4) is 0 Å². The van der Waals surface area contributed by atoms with E-state index >= 15 is 0 Å². The smallest absolute Gasteiger partial charge is 0.264 e. The summed E-state index contributed by atoms with van der Waals surface area (Å²) >= 11 is 1.20. The van der Waals surface area contributed by atoms with Crippen LogP contribution in [0.25, 0.3) is 0 Å². The van der Waals surface area contributed by atoms with E-state index in [1.165, 1.54) is 29.7 Å². The summed E-state index contributed by atoms with van der Waals surface area (Å²) in [7, 11) is -4.23. The molecule has 0 radical (unpaired) electrons. The Balaban J connectivity index is 1.45. The number of aromatic nitrogens is 1. The molecule has 0 unspecified atom stereocenters. The molecule has 10 heteroatoms. The van der Waals surface area contributed by atoms with Crippen molar-refractivity contribution in [1.29, 1.82) is 0 Å². The molecule has 6 nitrogen and oxygen atoms in total. The largest absolute Gasteiger partial charge is 0.332 e. The average Bonchev–Trinajstić information content (AvgIpc) is 3.23. The zero-order valence-corrected chi connectivity index (χ0v) is 18.8. The fourth-order valence-corrected chi connectivity index (χ4v) is 4.96. The molecule has 0 bridgehead atoms. The predicted octanol–water partition coefficient (Wildman–Crippen LogP) is 5.51. The van der Waals surface area contributed by atoms with Gasteiger partial charge in [-0.2, -0.15) is 0 Å². The molecule has 0 spiro atoms. The van der Waals surface area contributed by atoms with E-state index in [0.717, 1.165) is 17.7 Å². The molecule has 0 aliphatic heterocycles. The molecule has 0 aliphatic rings. The van der Waals surface area contributed by atoms with E-state index in [1.54, 1.807) is 24.3 Å². The molecule has 4 aromatic rings. The highest BCUT2D eigenvalue weighted by molar-refractivity contribution is 7.92. The number of ketones is 1. The lowest BCUT2D eigenvalue weighted by molar-refractivity contribution is 0.104. The average molecular weight is 486 g/mol. The van der Waals surface area contributed by atoms with Crippen molar-refractivity contribution in [3.8, 4) is 0 Å². The minimum atomic E-state index is -4.23. The van der Waals surface area contributed by atoms with E-state index in [-0.39, 0.29) is 11.5 Å². The van der Waals surface area contributed by atoms with E-state index < -0.39 is 26.6 Å². The second-order valence-corrected chi connectivity index (χ2v) is 9.74. The number of nitrogens with one attached hydrogen (secondary N) is 2. The van der Waals surface area contributed by atoms with Crippen molar-refractivity contribution >= 4 is 43.6 Å². The molecule has 0 saturated carbocycles. The molecule has 0 fully saturated rings. The van der Waals surface area contributed by atoms with Crippen LogP contribution >= 0.6 is 11.3 Å². The Morgan fingerprint density at radius 2 is 1.67 bits per heavy atom. The van der Waals surface area contributed by atoms with Gasteiger partial charge in [0.05, 0.1) is 11.1 Å². The molecular formula is C23H17F2N3O3S2. The zero-order chi connectivity index (χ0) is 23.6. The third-order valence-corrected chi connectivity index (χ3v) is 7.02. The monoisotopic (exact) mass is 485 g/mol. The van der Waals surface area contributed by atoms with Gasteiger partial charge in [0.25, 0.3) is 10.0 Å². The van der Waals surface area contributed by atoms with Crippen LogP contribution in [-0.2, 0) is 10.0 Å². The number of sulfonamides is 1. The summed E-state index contributed by atoms with van der Waals surface area (Å²) in [6, 6.07) is 15.7. The van der Waals surface area contributed by atoms with Crippen molar-refractivity contribution in [1.82, 2.24) is 4.98 Å². The number of rotatable bonds is 7. The zero-order valence-electron chi connectivity index (χ0n) is 17.2. The van der Waals surface area contributed by atoms with Crippen LogP contribution < -0.4 is 10.0 Å². The highest BCUT2D eigenvalue weighted by atomic mass is 32.2. The summed E-state index contributed by atoms with van der Waals surface area (Å²) in [5.74, 6) is -2.16. The maximum absolute atomic E-state index is 13.8. The van der Waals surface area contributed by atoms with Crippen LogP contribution in [0, 0.1) is 18.6 Å². The van der Waals surface area contributed by atoms with Crippen LogP contribution in [0.1, 0.15) is 20.8 Å². The lowest BCUT2D eigenvalue weighted by Crippen LogP contribution is -2.14. The number of hydrogen-bond acceptors (Lipinski definition) is 6. The number of aryl methyl sites for hydroxylation is 1. The molecule has 0 amide bonds. The first-order valence-electron chi connectivity index (χ1n) is 9.64. The molecule has 4 rings (SSSR count). The second kappa shape index (κ2) is 9.08. The van der Waals surface area contributed by atoms with Gasteiger partial charge in [-0.3, -0.25) is 9.52 Å². The summed E-state index contributed by atoms with van der Waals surface area (Å²) in [5.41, 5.74) is 2.29. The number of hydrogen-bond donors (Lipinski definition) is 2. The molecule has 3 aromatic carbocycles. The summed E-state index contributed by atoms with van der Waals surface area (Å²) < 4.78 is 53.9. The fraction of sp³-hybridized carbons (Fsp3) is 0.0435. The SMILES string of the molecule is Cc1ccccc1C(=O)c1cnc(Nc2ccc(NS(=O)(=O)c3ccc(F)cc3F)cc2)s1. The standard InChI is InChI=1S/C23H17F2N3O3S2/c1-14-4-2-3-5-18(14)22(29)20-13-26-23(32-20)27-16-7-9-17(10-8-16)28-33(30,31)21-11-6-15(24)12-19(21)25/h2-13,28H,1H3,(H,26,27). The van der Waals surface area contributed by atoms with Gasteiger partial charge >= 0.3 is 0 Å². The van der Waals surface area contributed by atoms with Crippen molar-refractivity contribution in [2.45, 2.75) is 11.8 Å². The third kappa shape index (κ3) is 5.07. The van der Waals surface area contributed by atoms with Crippen LogP contribution in [0.5, 0.6) is 0 Å². The van der Waals surface area contributed by atoms with Gasteiger partial charge < -0.3 is 5.32 Å². The normalized spacial score (nSPS) is 11.2. The lowest BCUT2D eigenvalue weighted by atomic mass is 10.0. The number of carbonyl (C=O) groups is 1. The highest BCUT2D eigenvalue weighted by Gasteiger charge is 2.20. The van der Waals surface area contributed by atoms with Gasteiger partial charge in [0, 0.05) is 23.0 Å². The van der Waals surface area contributed by atoms with Gasteiger partial charge in [-0.15, -0.1) is 0 Å². The number of halogens is 2. The third-order valence-electron chi connectivity index (χ3n) is 4.69. The minimum absolute atomic E-state index is 0.114. The van der Waals surface area contributed by atoms with Crippen molar-refractivity contribution in [3.05, 3.63) is 101 Å². The van der Waals surface area contributed by atoms with Gasteiger partial charge in [-0.05, 0) is 48.9 Å². The molecule has 1 aromatic heterocycles. The summed E-state index contributed by atoms with van der Waals surface area (Å²) in [4.78, 5) is 16.8. The maximum Gasteiger partial charge on any atom is 0.264 e. The summed E-state index contributed by atoms with van der Waals surface area (Å²) in [5, 5.41) is 3.55. The van der Waals surface area contributed by atoms with E-state index in [4.69, 9.17) is 0 Å². The van der Waals surface area contributed by atoms with Crippen molar-refractivity contribution in [2.24, 2.45) is 0 Å². The Morgan fingerprint density at radius 3 is 2.36 bits per heavy atom. The quantitative estimate of drug-likeness (QED) is 0.337. The lowest BCUT2D eigenvalue weighted by Gasteiger charge is -2.10. The first-order valence-corrected chi connectivity index (χ1v) is 11.9. The van der Waals surface area contributed by atoms with E-state index in [1.807, 2.05) is 19.1 Å². The first-order chi connectivity index (χ1) is 15.7. The molecule has 33 heavy (non-hydrogen) atoms. The van der Waals surface area contributed by atoms with E-state index in [2.05, 4.69) is 15.0 Å². The van der Waals surface area contributed by atoms with E-state index in [9.17, 15) is 22.0 Å². The van der Waals surface area contributed by atoms with Crippen LogP contribution in [0.4, 0.5) is 25.3 Å². The first kappa shape index (κ1) is 22.6. The highest BCUT2D eigenvalue weighted by Crippen LogP contribution is 2.27. The number of nitrogens with zero attached hydrogens (tertiary/aromatic N) is 1. The van der Waals surface area contributed by atoms with Gasteiger partial charge in [0.1, 0.15) is 16.5 Å². The number of carbonyl (C=O) groups excluding carboxylic acids is 1. The molecule has 168 valence electrons. The minimum Gasteiger partial charge on any atom is -0.332 e. The Kier molecular flexibility index (Phi) is 6.21. The van der Waals surface area contributed by atoms with Gasteiger partial charge in [-0.1, -0.05) is 35.6 Å². The van der Waals surface area contributed by atoms with Crippen LogP contribution in [0.15, 0.2) is 77.8 Å². The Labute approximate surface area is 193 Å². The van der Waals surface area contributed by atoms with E-state index in [0.29, 0.717) is 27.3 Å². The summed E-state index contributed by atoms with van der Waals surface area (Å²) in [6.45, 7) is 1.87. The summed E-state index contributed by atoms with van der Waals surface area (Å²) in [6.07, 6.45) is 1.50. The number of anilines is 3. The molecular weight excluding hydrogens is 468 g/mol. The Bertz CT molecular complexity index is 1440. The molecule has 0 atom stereocenters. The second-order valence-electron chi connectivity index (χ2n) is 7.06. The van der Waals surface area contributed by atoms with Crippen molar-refractivity contribution < 1.29 is 22.0 Å². The fourth-order valence-electron chi connectivity index (χ4n) is 3.05. The molecule has 2 N–H and O–H groups in total. The predicted molar refractivity (Wildman–Crippen MR) is 124 cm³/mol. The Morgan fingerprint density at radius 1 is 0.970 bits per heavy atom. The number of thiazole rings is 1. The van der Waals surface area contributed by atoms with Gasteiger partial charge in [-0.25, -0.2) is 22.2 Å². The van der Waals surface area contributed by atoms with Crippen molar-refractivity contribution in [2.75, 3.05) is 10.0 Å². The molecule has 0 saturated heterocycles. The Hall–Kier alpha value is -3.63. The number of benzene rings is 3. The molecule has 1 heterocycles. The van der Waals surface area contributed by atoms with Crippen LogP contribution in [-0.4, -0.2) is 19.2 Å². The molecule has 0 aliphatic carbocycles. The van der Waals surface area contributed by atoms with Gasteiger partial charge in [0.2, 0.25) is 5.78 Å². The van der Waals surface area contributed by atoms with Gasteiger partial charge in [0.15, 0.2) is 5.13 Å². The topological polar surface area (TPSA) is 88.2 Å².